The van der Waals surface area contributed by atoms with Crippen molar-refractivity contribution in [3.05, 3.63) is 88.3 Å². The van der Waals surface area contributed by atoms with Crippen molar-refractivity contribution in [3.8, 4) is 11.3 Å². The summed E-state index contributed by atoms with van der Waals surface area (Å²) in [6.45, 7) is 10.6. The Morgan fingerprint density at radius 2 is 1.79 bits per heavy atom. The van der Waals surface area contributed by atoms with E-state index in [2.05, 4.69) is 55.1 Å². The van der Waals surface area contributed by atoms with E-state index in [1.54, 1.807) is 22.3 Å². The van der Waals surface area contributed by atoms with Crippen LogP contribution in [-0.2, 0) is 12.0 Å². The van der Waals surface area contributed by atoms with Gasteiger partial charge in [-0.15, -0.1) is 11.3 Å². The lowest BCUT2D eigenvalue weighted by molar-refractivity contribution is 0.115. The van der Waals surface area contributed by atoms with Gasteiger partial charge in [0, 0.05) is 22.3 Å². The zero-order chi connectivity index (χ0) is 23.8. The Kier molecular flexibility index (Phi) is 6.18. The van der Waals surface area contributed by atoms with Crippen molar-refractivity contribution in [2.24, 2.45) is 5.41 Å². The summed E-state index contributed by atoms with van der Waals surface area (Å²) < 4.78 is 31.5. The predicted octanol–water partition coefficient (Wildman–Crippen LogP) is 6.78. The minimum Gasteiger partial charge on any atom is -0.252 e. The molecule has 0 saturated carbocycles. The Morgan fingerprint density at radius 1 is 1.06 bits per heavy atom. The molecule has 0 saturated heterocycles. The third kappa shape index (κ3) is 4.34. The quantitative estimate of drug-likeness (QED) is 0.315. The second-order valence-electron chi connectivity index (χ2n) is 9.60. The van der Waals surface area contributed by atoms with Crippen LogP contribution in [0.5, 0.6) is 0 Å². The van der Waals surface area contributed by atoms with Gasteiger partial charge in [-0.05, 0) is 36.1 Å². The maximum absolute atomic E-state index is 15.4. The molecule has 0 amide bonds. The van der Waals surface area contributed by atoms with Crippen molar-refractivity contribution >= 4 is 11.3 Å². The summed E-state index contributed by atoms with van der Waals surface area (Å²) in [6.07, 6.45) is 3.07. The SMILES string of the molecule is Cc1ccc(-c2csc([C@H](C)[C@](Cn3cncn3)(c3cc(F)ccc3F)C(C)(C)C)n2)cc1. The summed E-state index contributed by atoms with van der Waals surface area (Å²) in [7, 11) is 0. The van der Waals surface area contributed by atoms with Crippen LogP contribution in [0.15, 0.2) is 60.5 Å². The summed E-state index contributed by atoms with van der Waals surface area (Å²) in [5.41, 5.74) is 2.10. The van der Waals surface area contributed by atoms with Crippen LogP contribution in [0, 0.1) is 24.0 Å². The Hall–Kier alpha value is -2.93. The van der Waals surface area contributed by atoms with Gasteiger partial charge < -0.3 is 0 Å². The fraction of sp³-hybridized carbons (Fsp3) is 0.346. The molecule has 0 spiro atoms. The van der Waals surface area contributed by atoms with Gasteiger partial charge in [0.1, 0.15) is 24.3 Å². The minimum atomic E-state index is -0.852. The second kappa shape index (κ2) is 8.78. The number of nitrogens with zero attached hydrogens (tertiary/aromatic N) is 4. The first-order valence-corrected chi connectivity index (χ1v) is 11.8. The average molecular weight is 467 g/mol. The van der Waals surface area contributed by atoms with Gasteiger partial charge in [-0.2, -0.15) is 5.10 Å². The van der Waals surface area contributed by atoms with Crippen LogP contribution in [-0.4, -0.2) is 19.7 Å². The van der Waals surface area contributed by atoms with E-state index in [9.17, 15) is 4.39 Å². The predicted molar refractivity (Wildman–Crippen MR) is 128 cm³/mol. The molecular formula is C26H28F2N4S. The van der Waals surface area contributed by atoms with Gasteiger partial charge >= 0.3 is 0 Å². The first-order chi connectivity index (χ1) is 15.6. The molecule has 2 aromatic carbocycles. The summed E-state index contributed by atoms with van der Waals surface area (Å²) >= 11 is 1.54. The first kappa shape index (κ1) is 23.2. The lowest BCUT2D eigenvalue weighted by atomic mass is 9.56. The minimum absolute atomic E-state index is 0.234. The molecule has 0 bridgehead atoms. The molecule has 0 N–H and O–H groups in total. The number of halogens is 2. The van der Waals surface area contributed by atoms with E-state index >= 15 is 4.39 Å². The molecule has 4 aromatic rings. The maximum Gasteiger partial charge on any atom is 0.137 e. The number of thiazole rings is 1. The number of aryl methyl sites for hydroxylation is 1. The second-order valence-corrected chi connectivity index (χ2v) is 10.5. The third-order valence-electron chi connectivity index (χ3n) is 6.60. The lowest BCUT2D eigenvalue weighted by Crippen LogP contribution is -2.48. The zero-order valence-electron chi connectivity index (χ0n) is 19.5. The van der Waals surface area contributed by atoms with Gasteiger partial charge in [-0.1, -0.05) is 57.5 Å². The number of hydrogen-bond donors (Lipinski definition) is 0. The average Bonchev–Trinajstić information content (AvgIpc) is 3.45. The van der Waals surface area contributed by atoms with Crippen molar-refractivity contribution in [2.75, 3.05) is 0 Å². The number of hydrogen-bond acceptors (Lipinski definition) is 4. The van der Waals surface area contributed by atoms with Crippen molar-refractivity contribution < 1.29 is 8.78 Å². The van der Waals surface area contributed by atoms with Crippen molar-refractivity contribution in [3.63, 3.8) is 0 Å². The van der Waals surface area contributed by atoms with Crippen LogP contribution >= 0.6 is 11.3 Å². The van der Waals surface area contributed by atoms with E-state index in [1.807, 2.05) is 19.2 Å². The van der Waals surface area contributed by atoms with Crippen molar-refractivity contribution in [1.29, 1.82) is 0 Å². The molecule has 0 aliphatic rings. The van der Waals surface area contributed by atoms with E-state index in [0.717, 1.165) is 22.3 Å². The molecule has 7 heteroatoms. The Morgan fingerprint density at radius 3 is 2.42 bits per heavy atom. The highest BCUT2D eigenvalue weighted by atomic mass is 32.1. The molecule has 0 unspecified atom stereocenters. The number of rotatable bonds is 6. The third-order valence-corrected chi connectivity index (χ3v) is 7.63. The van der Waals surface area contributed by atoms with Gasteiger partial charge in [0.2, 0.25) is 0 Å². The van der Waals surface area contributed by atoms with Gasteiger partial charge in [0.25, 0.3) is 0 Å². The van der Waals surface area contributed by atoms with Crippen LogP contribution in [0.25, 0.3) is 11.3 Å². The van der Waals surface area contributed by atoms with E-state index < -0.39 is 22.5 Å². The Labute approximate surface area is 197 Å². The largest absolute Gasteiger partial charge is 0.252 e. The van der Waals surface area contributed by atoms with E-state index in [-0.39, 0.29) is 5.92 Å². The van der Waals surface area contributed by atoms with E-state index in [1.165, 1.54) is 24.0 Å². The highest BCUT2D eigenvalue weighted by molar-refractivity contribution is 7.10. The molecular weight excluding hydrogens is 438 g/mol. The molecule has 33 heavy (non-hydrogen) atoms. The summed E-state index contributed by atoms with van der Waals surface area (Å²) in [5, 5.41) is 7.20. The fourth-order valence-corrected chi connectivity index (χ4v) is 5.69. The summed E-state index contributed by atoms with van der Waals surface area (Å²) in [4.78, 5) is 9.03. The summed E-state index contributed by atoms with van der Waals surface area (Å²) in [5.74, 6) is -1.14. The topological polar surface area (TPSA) is 43.6 Å². The van der Waals surface area contributed by atoms with Crippen molar-refractivity contribution in [2.45, 2.75) is 52.5 Å². The molecule has 0 fully saturated rings. The molecule has 0 aliphatic carbocycles. The van der Waals surface area contributed by atoms with Crippen molar-refractivity contribution in [1.82, 2.24) is 19.7 Å². The van der Waals surface area contributed by atoms with Crippen LogP contribution in [0.1, 0.15) is 49.7 Å². The molecule has 2 aromatic heterocycles. The molecule has 2 atom stereocenters. The Balaban J connectivity index is 1.88. The molecule has 4 nitrogen and oxygen atoms in total. The first-order valence-electron chi connectivity index (χ1n) is 10.9. The fourth-order valence-electron chi connectivity index (χ4n) is 4.71. The smallest absolute Gasteiger partial charge is 0.137 e. The highest BCUT2D eigenvalue weighted by Gasteiger charge is 2.51. The number of aromatic nitrogens is 4. The zero-order valence-corrected chi connectivity index (χ0v) is 20.3. The molecule has 4 rings (SSSR count). The highest BCUT2D eigenvalue weighted by Crippen LogP contribution is 2.53. The van der Waals surface area contributed by atoms with Gasteiger partial charge in [0.05, 0.1) is 17.2 Å². The number of benzene rings is 2. The lowest BCUT2D eigenvalue weighted by Gasteiger charge is -2.49. The molecule has 172 valence electrons. The van der Waals surface area contributed by atoms with E-state index in [4.69, 9.17) is 4.98 Å². The van der Waals surface area contributed by atoms with Gasteiger partial charge in [0.15, 0.2) is 0 Å². The molecule has 2 heterocycles. The van der Waals surface area contributed by atoms with Crippen LogP contribution in [0.3, 0.4) is 0 Å². The molecule has 0 radical (unpaired) electrons. The Bertz CT molecular complexity index is 1230. The molecule has 0 aliphatic heterocycles. The van der Waals surface area contributed by atoms with Gasteiger partial charge in [-0.25, -0.2) is 18.7 Å². The van der Waals surface area contributed by atoms with Crippen LogP contribution in [0.4, 0.5) is 8.78 Å². The van der Waals surface area contributed by atoms with Crippen LogP contribution < -0.4 is 0 Å². The monoisotopic (exact) mass is 466 g/mol. The van der Waals surface area contributed by atoms with Gasteiger partial charge in [-0.3, -0.25) is 4.68 Å². The van der Waals surface area contributed by atoms with Crippen LogP contribution in [0.2, 0.25) is 0 Å². The maximum atomic E-state index is 15.4. The summed E-state index contributed by atoms with van der Waals surface area (Å²) in [6, 6.07) is 11.9. The van der Waals surface area contributed by atoms with E-state index in [0.29, 0.717) is 12.1 Å². The normalized spacial score (nSPS) is 14.8. The standard InChI is InChI=1S/C26H28F2N4S/c1-17-6-8-19(9-7-17)23-13-33-24(31-23)18(2)26(25(3,4)5,14-32-16-29-15-30-32)21-12-20(27)10-11-22(21)28/h6-13,15-16,18H,14H2,1-5H3/t18-,26+/m0/s1.